The van der Waals surface area contributed by atoms with Crippen molar-refractivity contribution < 1.29 is 23.8 Å². The van der Waals surface area contributed by atoms with Gasteiger partial charge in [0.15, 0.2) is 0 Å². The number of hydrogen-bond acceptors (Lipinski definition) is 5. The molecule has 154 valence electrons. The molecular formula is C22H26N2O5. The molecule has 1 aliphatic rings. The minimum Gasteiger partial charge on any atom is -0.497 e. The van der Waals surface area contributed by atoms with Crippen LogP contribution in [0.2, 0.25) is 0 Å². The molecule has 0 radical (unpaired) electrons. The normalized spacial score (nSPS) is 15.9. The number of methoxy groups -OCH3 is 1. The molecule has 0 aromatic heterocycles. The maximum atomic E-state index is 12.9. The summed E-state index contributed by atoms with van der Waals surface area (Å²) < 4.78 is 16.4. The van der Waals surface area contributed by atoms with Crippen LogP contribution in [0.4, 0.5) is 11.4 Å². The Kier molecular flexibility index (Phi) is 6.59. The van der Waals surface area contributed by atoms with Crippen molar-refractivity contribution in [1.29, 1.82) is 0 Å². The summed E-state index contributed by atoms with van der Waals surface area (Å²) in [4.78, 5) is 27.0. The van der Waals surface area contributed by atoms with Gasteiger partial charge in [-0.3, -0.25) is 9.59 Å². The molecule has 0 aliphatic carbocycles. The molecule has 3 rings (SSSR count). The fourth-order valence-electron chi connectivity index (χ4n) is 3.29. The van der Waals surface area contributed by atoms with E-state index in [1.165, 1.54) is 0 Å². The van der Waals surface area contributed by atoms with Gasteiger partial charge in [0.05, 0.1) is 31.9 Å². The maximum absolute atomic E-state index is 12.9. The number of nitrogens with one attached hydrogen (secondary N) is 1. The summed E-state index contributed by atoms with van der Waals surface area (Å²) in [6, 6.07) is 12.6. The third-order valence-electron chi connectivity index (χ3n) is 4.68. The van der Waals surface area contributed by atoms with E-state index in [1.807, 2.05) is 32.0 Å². The van der Waals surface area contributed by atoms with Crippen LogP contribution in [0.1, 0.15) is 20.3 Å². The average Bonchev–Trinajstić information content (AvgIpc) is 3.12. The van der Waals surface area contributed by atoms with Crippen LogP contribution in [0.3, 0.4) is 0 Å². The van der Waals surface area contributed by atoms with Gasteiger partial charge in [-0.1, -0.05) is 6.07 Å². The Morgan fingerprint density at radius 1 is 1.10 bits per heavy atom. The molecule has 2 aromatic rings. The number of carbonyl (C=O) groups is 2. The van der Waals surface area contributed by atoms with Gasteiger partial charge in [0, 0.05) is 30.8 Å². The second-order valence-corrected chi connectivity index (χ2v) is 6.62. The van der Waals surface area contributed by atoms with E-state index in [2.05, 4.69) is 5.32 Å². The molecule has 29 heavy (non-hydrogen) atoms. The highest BCUT2D eigenvalue weighted by Gasteiger charge is 2.35. The van der Waals surface area contributed by atoms with Gasteiger partial charge in [-0.25, -0.2) is 0 Å². The van der Waals surface area contributed by atoms with Crippen molar-refractivity contribution in [3.63, 3.8) is 0 Å². The Morgan fingerprint density at radius 3 is 2.62 bits per heavy atom. The molecule has 1 atom stereocenters. The van der Waals surface area contributed by atoms with Crippen LogP contribution in [0, 0.1) is 5.92 Å². The topological polar surface area (TPSA) is 77.1 Å². The highest BCUT2D eigenvalue weighted by Crippen LogP contribution is 2.32. The molecular weight excluding hydrogens is 372 g/mol. The first-order valence-corrected chi connectivity index (χ1v) is 9.70. The molecule has 1 heterocycles. The van der Waals surface area contributed by atoms with Crippen LogP contribution >= 0.6 is 0 Å². The Morgan fingerprint density at radius 2 is 1.90 bits per heavy atom. The number of anilines is 2. The van der Waals surface area contributed by atoms with Crippen molar-refractivity contribution in [2.45, 2.75) is 20.3 Å². The average molecular weight is 398 g/mol. The zero-order valence-electron chi connectivity index (χ0n) is 16.9. The Balaban J connectivity index is 1.74. The van der Waals surface area contributed by atoms with E-state index in [9.17, 15) is 9.59 Å². The van der Waals surface area contributed by atoms with Crippen molar-refractivity contribution >= 4 is 23.2 Å². The fourth-order valence-corrected chi connectivity index (χ4v) is 3.29. The lowest BCUT2D eigenvalue weighted by Crippen LogP contribution is -2.28. The smallest absolute Gasteiger partial charge is 0.229 e. The molecule has 1 fully saturated rings. The number of carbonyl (C=O) groups excluding carboxylic acids is 2. The predicted molar refractivity (Wildman–Crippen MR) is 111 cm³/mol. The molecule has 1 aliphatic heterocycles. The first-order chi connectivity index (χ1) is 14.0. The van der Waals surface area contributed by atoms with E-state index in [0.717, 1.165) is 5.69 Å². The molecule has 1 N–H and O–H groups in total. The monoisotopic (exact) mass is 398 g/mol. The van der Waals surface area contributed by atoms with Crippen LogP contribution in [-0.4, -0.2) is 38.7 Å². The van der Waals surface area contributed by atoms with Crippen molar-refractivity contribution in [1.82, 2.24) is 0 Å². The molecule has 1 unspecified atom stereocenters. The highest BCUT2D eigenvalue weighted by atomic mass is 16.5. The lowest BCUT2D eigenvalue weighted by atomic mass is 10.1. The minimum absolute atomic E-state index is 0.0912. The van der Waals surface area contributed by atoms with Crippen molar-refractivity contribution in [2.75, 3.05) is 37.1 Å². The van der Waals surface area contributed by atoms with Gasteiger partial charge in [0.2, 0.25) is 11.8 Å². The number of rotatable bonds is 8. The van der Waals surface area contributed by atoms with Crippen LogP contribution in [0.15, 0.2) is 42.5 Å². The van der Waals surface area contributed by atoms with E-state index in [4.69, 9.17) is 14.2 Å². The van der Waals surface area contributed by atoms with Crippen LogP contribution in [-0.2, 0) is 9.59 Å². The third kappa shape index (κ3) is 4.80. The first kappa shape index (κ1) is 20.5. The van der Waals surface area contributed by atoms with Gasteiger partial charge in [-0.05, 0) is 38.1 Å². The zero-order valence-corrected chi connectivity index (χ0v) is 16.9. The molecule has 2 amide bonds. The molecule has 0 spiro atoms. The maximum Gasteiger partial charge on any atom is 0.229 e. The molecule has 7 heteroatoms. The van der Waals surface area contributed by atoms with E-state index in [-0.39, 0.29) is 18.2 Å². The third-order valence-corrected chi connectivity index (χ3v) is 4.68. The van der Waals surface area contributed by atoms with Crippen molar-refractivity contribution in [2.24, 2.45) is 5.92 Å². The van der Waals surface area contributed by atoms with Crippen molar-refractivity contribution in [3.8, 4) is 17.2 Å². The molecule has 2 aromatic carbocycles. The highest BCUT2D eigenvalue weighted by molar-refractivity contribution is 6.04. The zero-order chi connectivity index (χ0) is 20.8. The summed E-state index contributed by atoms with van der Waals surface area (Å²) in [7, 11) is 1.58. The molecule has 0 saturated carbocycles. The van der Waals surface area contributed by atoms with Crippen LogP contribution < -0.4 is 24.4 Å². The van der Waals surface area contributed by atoms with E-state index >= 15 is 0 Å². The standard InChI is InChI=1S/C22H26N2O5/c1-4-28-18-9-10-20(29-5-2)19(13-18)23-22(26)15-11-21(25)24(14-15)16-7-6-8-17(12-16)27-3/h6-10,12-13,15H,4-5,11,14H2,1-3H3,(H,23,26). The second-order valence-electron chi connectivity index (χ2n) is 6.62. The summed E-state index contributed by atoms with van der Waals surface area (Å²) in [5.74, 6) is 1.10. The van der Waals surface area contributed by atoms with Gasteiger partial charge in [-0.15, -0.1) is 0 Å². The summed E-state index contributed by atoms with van der Waals surface area (Å²) >= 11 is 0. The number of hydrogen-bond donors (Lipinski definition) is 1. The Labute approximate surface area is 170 Å². The first-order valence-electron chi connectivity index (χ1n) is 9.70. The van der Waals surface area contributed by atoms with Gasteiger partial charge in [-0.2, -0.15) is 0 Å². The number of nitrogens with zero attached hydrogens (tertiary/aromatic N) is 1. The number of benzene rings is 2. The largest absolute Gasteiger partial charge is 0.497 e. The quantitative estimate of drug-likeness (QED) is 0.737. The fraction of sp³-hybridized carbons (Fsp3) is 0.364. The summed E-state index contributed by atoms with van der Waals surface area (Å²) in [6.45, 7) is 5.08. The Bertz CT molecular complexity index is 883. The van der Waals surface area contributed by atoms with Gasteiger partial charge >= 0.3 is 0 Å². The molecule has 7 nitrogen and oxygen atoms in total. The van der Waals surface area contributed by atoms with E-state index < -0.39 is 5.92 Å². The van der Waals surface area contributed by atoms with Gasteiger partial charge in [0.25, 0.3) is 0 Å². The van der Waals surface area contributed by atoms with E-state index in [1.54, 1.807) is 36.3 Å². The summed E-state index contributed by atoms with van der Waals surface area (Å²) in [5, 5.41) is 2.90. The SMILES string of the molecule is CCOc1ccc(OCC)c(NC(=O)C2CC(=O)N(c3cccc(OC)c3)C2)c1. The van der Waals surface area contributed by atoms with Crippen LogP contribution in [0.25, 0.3) is 0 Å². The lowest BCUT2D eigenvalue weighted by Gasteiger charge is -2.18. The number of amides is 2. The van der Waals surface area contributed by atoms with Gasteiger partial charge in [0.1, 0.15) is 17.2 Å². The van der Waals surface area contributed by atoms with Crippen LogP contribution in [0.5, 0.6) is 17.2 Å². The summed E-state index contributed by atoms with van der Waals surface area (Å²) in [5.41, 5.74) is 1.26. The van der Waals surface area contributed by atoms with E-state index in [0.29, 0.717) is 42.7 Å². The molecule has 1 saturated heterocycles. The van der Waals surface area contributed by atoms with Gasteiger partial charge < -0.3 is 24.4 Å². The van der Waals surface area contributed by atoms with Crippen molar-refractivity contribution in [3.05, 3.63) is 42.5 Å². The summed E-state index contributed by atoms with van der Waals surface area (Å²) in [6.07, 6.45) is 0.151. The lowest BCUT2D eigenvalue weighted by molar-refractivity contribution is -0.122. The molecule has 0 bridgehead atoms. The minimum atomic E-state index is -0.459. The number of ether oxygens (including phenoxy) is 3. The second kappa shape index (κ2) is 9.32. The predicted octanol–water partition coefficient (Wildman–Crippen LogP) is 3.48. The Hall–Kier alpha value is -3.22.